The fourth-order valence-electron chi connectivity index (χ4n) is 1.70. The third-order valence-corrected chi connectivity index (χ3v) is 3.35. The van der Waals surface area contributed by atoms with Gasteiger partial charge >= 0.3 is 5.97 Å². The van der Waals surface area contributed by atoms with Crippen molar-refractivity contribution in [2.75, 3.05) is 12.3 Å². The Balaban J connectivity index is 2.57. The summed E-state index contributed by atoms with van der Waals surface area (Å²) in [7, 11) is 0. The van der Waals surface area contributed by atoms with Crippen LogP contribution in [0.1, 0.15) is 17.3 Å². The monoisotopic (exact) mass is 283 g/mol. The minimum atomic E-state index is -1.01. The van der Waals surface area contributed by atoms with Gasteiger partial charge in [0.1, 0.15) is 10.6 Å². The summed E-state index contributed by atoms with van der Waals surface area (Å²) in [6.45, 7) is 1.84. The van der Waals surface area contributed by atoms with Crippen LogP contribution in [0.25, 0.3) is 11.1 Å². The number of thiophene rings is 1. The van der Waals surface area contributed by atoms with E-state index in [0.717, 1.165) is 17.4 Å². The number of benzene rings is 1. The van der Waals surface area contributed by atoms with Gasteiger partial charge in [0.2, 0.25) is 0 Å². The SMILES string of the molecule is CCOC(=O)c1c(-c2cccc(F)c2F)csc1N. The lowest BCUT2D eigenvalue weighted by atomic mass is 10.0. The Kier molecular flexibility index (Phi) is 3.80. The topological polar surface area (TPSA) is 52.3 Å². The summed E-state index contributed by atoms with van der Waals surface area (Å²) >= 11 is 1.08. The van der Waals surface area contributed by atoms with E-state index < -0.39 is 17.6 Å². The number of nitrogens with two attached hydrogens (primary N) is 1. The lowest BCUT2D eigenvalue weighted by molar-refractivity contribution is 0.0529. The van der Waals surface area contributed by atoms with E-state index in [1.54, 1.807) is 6.92 Å². The van der Waals surface area contributed by atoms with Crippen molar-refractivity contribution in [2.24, 2.45) is 0 Å². The molecule has 0 fully saturated rings. The van der Waals surface area contributed by atoms with Crippen LogP contribution in [0, 0.1) is 11.6 Å². The third-order valence-electron chi connectivity index (χ3n) is 2.54. The summed E-state index contributed by atoms with van der Waals surface area (Å²) in [5.41, 5.74) is 6.02. The second-order valence-electron chi connectivity index (χ2n) is 3.71. The molecule has 0 aliphatic rings. The molecule has 19 heavy (non-hydrogen) atoms. The van der Waals surface area contributed by atoms with Crippen molar-refractivity contribution < 1.29 is 18.3 Å². The Bertz CT molecular complexity index is 625. The Labute approximate surface area is 112 Å². The number of nitrogen functional groups attached to an aromatic ring is 1. The average Bonchev–Trinajstić information content (AvgIpc) is 2.75. The van der Waals surface area contributed by atoms with Gasteiger partial charge < -0.3 is 10.5 Å². The molecule has 2 rings (SSSR count). The zero-order chi connectivity index (χ0) is 14.0. The van der Waals surface area contributed by atoms with E-state index in [2.05, 4.69) is 0 Å². The van der Waals surface area contributed by atoms with E-state index in [1.165, 1.54) is 17.5 Å². The number of hydrogen-bond donors (Lipinski definition) is 1. The molecule has 1 aromatic heterocycles. The molecular formula is C13H11F2NO2S. The molecule has 0 saturated carbocycles. The summed E-state index contributed by atoms with van der Waals surface area (Å²) in [5, 5.41) is 1.73. The van der Waals surface area contributed by atoms with Gasteiger partial charge in [-0.1, -0.05) is 12.1 Å². The van der Waals surface area contributed by atoms with Gasteiger partial charge in [-0.2, -0.15) is 0 Å². The largest absolute Gasteiger partial charge is 0.462 e. The molecule has 2 aromatic rings. The van der Waals surface area contributed by atoms with E-state index in [1.807, 2.05) is 0 Å². The zero-order valence-electron chi connectivity index (χ0n) is 10.1. The maximum Gasteiger partial charge on any atom is 0.341 e. The molecule has 100 valence electrons. The van der Waals surface area contributed by atoms with Crippen molar-refractivity contribution in [1.29, 1.82) is 0 Å². The lowest BCUT2D eigenvalue weighted by Gasteiger charge is -2.06. The van der Waals surface area contributed by atoms with Crippen molar-refractivity contribution in [1.82, 2.24) is 0 Å². The number of anilines is 1. The van der Waals surface area contributed by atoms with Crippen LogP contribution >= 0.6 is 11.3 Å². The second kappa shape index (κ2) is 5.36. The molecule has 6 heteroatoms. The van der Waals surface area contributed by atoms with Crippen molar-refractivity contribution in [3.8, 4) is 11.1 Å². The molecule has 3 nitrogen and oxygen atoms in total. The molecule has 1 aromatic carbocycles. The predicted octanol–water partition coefficient (Wildman–Crippen LogP) is 3.45. The van der Waals surface area contributed by atoms with E-state index >= 15 is 0 Å². The molecular weight excluding hydrogens is 272 g/mol. The molecule has 0 bridgehead atoms. The van der Waals surface area contributed by atoms with E-state index in [4.69, 9.17) is 10.5 Å². The highest BCUT2D eigenvalue weighted by atomic mass is 32.1. The van der Waals surface area contributed by atoms with Crippen molar-refractivity contribution in [3.63, 3.8) is 0 Å². The standard InChI is InChI=1S/C13H11F2NO2S/c1-2-18-13(17)10-8(6-19-12(10)16)7-4-3-5-9(14)11(7)15/h3-6H,2,16H2,1H3. The van der Waals surface area contributed by atoms with Crippen LogP contribution < -0.4 is 5.73 Å². The minimum absolute atomic E-state index is 0.00370. The molecule has 0 aliphatic carbocycles. The zero-order valence-corrected chi connectivity index (χ0v) is 10.9. The van der Waals surface area contributed by atoms with Crippen LogP contribution in [0.4, 0.5) is 13.8 Å². The fraction of sp³-hybridized carbons (Fsp3) is 0.154. The number of ether oxygens (including phenoxy) is 1. The van der Waals surface area contributed by atoms with Gasteiger partial charge in [-0.3, -0.25) is 0 Å². The summed E-state index contributed by atoms with van der Waals surface area (Å²) in [6.07, 6.45) is 0. The predicted molar refractivity (Wildman–Crippen MR) is 70.0 cm³/mol. The average molecular weight is 283 g/mol. The third kappa shape index (κ3) is 2.44. The van der Waals surface area contributed by atoms with Gasteiger partial charge in [0.25, 0.3) is 0 Å². The van der Waals surface area contributed by atoms with Gasteiger partial charge in [0.05, 0.1) is 6.61 Å². The first kappa shape index (κ1) is 13.5. The molecule has 0 unspecified atom stereocenters. The number of rotatable bonds is 3. The number of halogens is 2. The fourth-order valence-corrected chi connectivity index (χ4v) is 2.50. The Hall–Kier alpha value is -1.95. The maximum absolute atomic E-state index is 13.8. The molecule has 0 aliphatic heterocycles. The van der Waals surface area contributed by atoms with Crippen LogP contribution in [-0.2, 0) is 4.74 Å². The van der Waals surface area contributed by atoms with Crippen LogP contribution in [0.15, 0.2) is 23.6 Å². The number of carbonyl (C=O) groups is 1. The Morgan fingerprint density at radius 2 is 2.11 bits per heavy atom. The van der Waals surface area contributed by atoms with Crippen LogP contribution in [-0.4, -0.2) is 12.6 Å². The summed E-state index contributed by atoms with van der Waals surface area (Å²) in [5.74, 6) is -2.62. The molecule has 2 N–H and O–H groups in total. The van der Waals surface area contributed by atoms with Gasteiger partial charge in [-0.05, 0) is 13.0 Å². The van der Waals surface area contributed by atoms with Crippen molar-refractivity contribution in [3.05, 3.63) is 40.8 Å². The highest BCUT2D eigenvalue weighted by Gasteiger charge is 2.22. The Morgan fingerprint density at radius 1 is 1.37 bits per heavy atom. The highest BCUT2D eigenvalue weighted by Crippen LogP contribution is 2.35. The van der Waals surface area contributed by atoms with Crippen LogP contribution in [0.2, 0.25) is 0 Å². The first-order valence-electron chi connectivity index (χ1n) is 5.54. The van der Waals surface area contributed by atoms with Crippen LogP contribution in [0.3, 0.4) is 0 Å². The molecule has 0 radical (unpaired) electrons. The smallest absolute Gasteiger partial charge is 0.341 e. The lowest BCUT2D eigenvalue weighted by Crippen LogP contribution is -2.07. The van der Waals surface area contributed by atoms with Gasteiger partial charge in [-0.15, -0.1) is 11.3 Å². The van der Waals surface area contributed by atoms with Crippen LogP contribution in [0.5, 0.6) is 0 Å². The van der Waals surface area contributed by atoms with Gasteiger partial charge in [0.15, 0.2) is 11.6 Å². The van der Waals surface area contributed by atoms with E-state index in [-0.39, 0.29) is 28.3 Å². The summed E-state index contributed by atoms with van der Waals surface area (Å²) < 4.78 is 31.9. The normalized spacial score (nSPS) is 10.5. The van der Waals surface area contributed by atoms with Gasteiger partial charge in [0, 0.05) is 16.5 Å². The summed E-state index contributed by atoms with van der Waals surface area (Å²) in [6, 6.07) is 3.78. The van der Waals surface area contributed by atoms with E-state index in [9.17, 15) is 13.6 Å². The van der Waals surface area contributed by atoms with E-state index in [0.29, 0.717) is 0 Å². The van der Waals surface area contributed by atoms with Crippen molar-refractivity contribution >= 4 is 22.3 Å². The second-order valence-corrected chi connectivity index (χ2v) is 4.62. The first-order valence-corrected chi connectivity index (χ1v) is 6.42. The quantitative estimate of drug-likeness (QED) is 0.878. The number of hydrogen-bond acceptors (Lipinski definition) is 4. The Morgan fingerprint density at radius 3 is 2.79 bits per heavy atom. The first-order chi connectivity index (χ1) is 9.06. The van der Waals surface area contributed by atoms with Gasteiger partial charge in [-0.25, -0.2) is 13.6 Å². The molecule has 0 spiro atoms. The molecule has 0 amide bonds. The minimum Gasteiger partial charge on any atom is -0.462 e. The molecule has 1 heterocycles. The van der Waals surface area contributed by atoms with Crippen molar-refractivity contribution in [2.45, 2.75) is 6.92 Å². The number of carbonyl (C=O) groups excluding carboxylic acids is 1. The molecule has 0 saturated heterocycles. The maximum atomic E-state index is 13.8. The summed E-state index contributed by atoms with van der Waals surface area (Å²) in [4.78, 5) is 11.8. The number of esters is 1. The molecule has 0 atom stereocenters. The highest BCUT2D eigenvalue weighted by molar-refractivity contribution is 7.14.